The molecule has 0 aliphatic carbocycles. The summed E-state index contributed by atoms with van der Waals surface area (Å²) >= 11 is 1.26. The molecule has 1 aliphatic heterocycles. The van der Waals surface area contributed by atoms with Crippen molar-refractivity contribution in [2.75, 3.05) is 12.1 Å². The topological polar surface area (TPSA) is 107 Å². The van der Waals surface area contributed by atoms with Gasteiger partial charge in [-0.3, -0.25) is 4.79 Å². The molecule has 4 rings (SSSR count). The number of carbonyl (C=O) groups is 1. The number of fused-ring (bicyclic) bond motifs is 1. The van der Waals surface area contributed by atoms with Crippen molar-refractivity contribution in [1.29, 1.82) is 0 Å². The second-order valence-electron chi connectivity index (χ2n) is 7.25. The summed E-state index contributed by atoms with van der Waals surface area (Å²) in [6.45, 7) is 3.74. The van der Waals surface area contributed by atoms with E-state index in [0.717, 1.165) is 5.56 Å². The molecule has 2 N–H and O–H groups in total. The van der Waals surface area contributed by atoms with Crippen molar-refractivity contribution in [3.8, 4) is 22.8 Å². The first-order chi connectivity index (χ1) is 14.8. The van der Waals surface area contributed by atoms with Crippen LogP contribution in [0.2, 0.25) is 0 Å². The zero-order valence-electron chi connectivity index (χ0n) is 16.9. The van der Waals surface area contributed by atoms with E-state index in [1.165, 1.54) is 23.5 Å². The second kappa shape index (κ2) is 8.66. The van der Waals surface area contributed by atoms with Gasteiger partial charge < -0.3 is 14.8 Å². The first-order valence-corrected chi connectivity index (χ1v) is 11.9. The van der Waals surface area contributed by atoms with E-state index in [2.05, 4.69) is 15.0 Å². The quantitative estimate of drug-likeness (QED) is 0.560. The van der Waals surface area contributed by atoms with Crippen LogP contribution in [0.5, 0.6) is 11.5 Å². The first kappa shape index (κ1) is 21.3. The molecule has 0 saturated heterocycles. The molecule has 8 nitrogen and oxygen atoms in total. The van der Waals surface area contributed by atoms with Crippen molar-refractivity contribution in [1.82, 2.24) is 9.71 Å². The second-order valence-corrected chi connectivity index (χ2v) is 9.82. The highest BCUT2D eigenvalue weighted by atomic mass is 32.2. The fourth-order valence-electron chi connectivity index (χ4n) is 3.03. The molecule has 0 radical (unpaired) electrons. The number of nitrogens with one attached hydrogen (secondary N) is 2. The zero-order valence-corrected chi connectivity index (χ0v) is 18.5. The predicted octanol–water partition coefficient (Wildman–Crippen LogP) is 3.48. The summed E-state index contributed by atoms with van der Waals surface area (Å²) in [5, 5.41) is 4.91. The Hall–Kier alpha value is -2.95. The summed E-state index contributed by atoms with van der Waals surface area (Å²) in [5.41, 5.74) is 1.50. The lowest BCUT2D eigenvalue weighted by Crippen LogP contribution is -2.47. The van der Waals surface area contributed by atoms with Gasteiger partial charge in [-0.1, -0.05) is 32.0 Å². The number of nitrogens with zero attached hydrogens (tertiary/aromatic N) is 1. The van der Waals surface area contributed by atoms with Crippen molar-refractivity contribution in [2.24, 2.45) is 5.92 Å². The largest absolute Gasteiger partial charge is 0.454 e. The molecule has 1 aliphatic rings. The molecule has 2 heterocycles. The van der Waals surface area contributed by atoms with E-state index in [0.29, 0.717) is 22.3 Å². The SMILES string of the molecule is CC(C)C(NS(=O)(=O)c1ccccc1)C(=O)Nc1nc(-c2ccc3c(c2)OCO3)cs1. The van der Waals surface area contributed by atoms with Gasteiger partial charge in [0.1, 0.15) is 6.04 Å². The van der Waals surface area contributed by atoms with E-state index in [1.807, 2.05) is 23.6 Å². The Labute approximate surface area is 184 Å². The van der Waals surface area contributed by atoms with Crippen molar-refractivity contribution < 1.29 is 22.7 Å². The average Bonchev–Trinajstić information content (AvgIpc) is 3.41. The molecule has 2 aromatic carbocycles. The Balaban J connectivity index is 1.49. The van der Waals surface area contributed by atoms with E-state index in [9.17, 15) is 13.2 Å². The summed E-state index contributed by atoms with van der Waals surface area (Å²) in [4.78, 5) is 17.4. The number of thiazole rings is 1. The summed E-state index contributed by atoms with van der Waals surface area (Å²) in [7, 11) is -3.84. The van der Waals surface area contributed by atoms with Crippen LogP contribution in [0.25, 0.3) is 11.3 Å². The minimum Gasteiger partial charge on any atom is -0.454 e. The molecule has 162 valence electrons. The van der Waals surface area contributed by atoms with Gasteiger partial charge in [0.2, 0.25) is 22.7 Å². The van der Waals surface area contributed by atoms with E-state index in [-0.39, 0.29) is 17.6 Å². The third-order valence-electron chi connectivity index (χ3n) is 4.69. The highest BCUT2D eigenvalue weighted by molar-refractivity contribution is 7.89. The number of anilines is 1. The Morgan fingerprint density at radius 1 is 1.10 bits per heavy atom. The number of aromatic nitrogens is 1. The summed E-state index contributed by atoms with van der Waals surface area (Å²) < 4.78 is 38.5. The van der Waals surface area contributed by atoms with Gasteiger partial charge in [0.15, 0.2) is 16.6 Å². The monoisotopic (exact) mass is 459 g/mol. The molecule has 1 unspecified atom stereocenters. The van der Waals surface area contributed by atoms with Crippen LogP contribution >= 0.6 is 11.3 Å². The van der Waals surface area contributed by atoms with Crippen LogP contribution in [0.4, 0.5) is 5.13 Å². The molecule has 1 aromatic heterocycles. The number of sulfonamides is 1. The van der Waals surface area contributed by atoms with Gasteiger partial charge in [-0.25, -0.2) is 13.4 Å². The minimum atomic E-state index is -3.84. The van der Waals surface area contributed by atoms with Crippen LogP contribution in [0.3, 0.4) is 0 Å². The van der Waals surface area contributed by atoms with Gasteiger partial charge in [-0.05, 0) is 36.2 Å². The van der Waals surface area contributed by atoms with E-state index in [4.69, 9.17) is 9.47 Å². The third-order valence-corrected chi connectivity index (χ3v) is 6.90. The van der Waals surface area contributed by atoms with Gasteiger partial charge in [0.05, 0.1) is 10.6 Å². The summed E-state index contributed by atoms with van der Waals surface area (Å²) in [5.74, 6) is 0.581. The first-order valence-electron chi connectivity index (χ1n) is 9.57. The molecule has 1 amide bonds. The van der Waals surface area contributed by atoms with Gasteiger partial charge in [0, 0.05) is 10.9 Å². The normalized spacial score (nSPS) is 13.9. The van der Waals surface area contributed by atoms with Crippen molar-refractivity contribution >= 4 is 32.4 Å². The van der Waals surface area contributed by atoms with Crippen molar-refractivity contribution in [3.63, 3.8) is 0 Å². The summed E-state index contributed by atoms with van der Waals surface area (Å²) in [6.07, 6.45) is 0. The van der Waals surface area contributed by atoms with Crippen LogP contribution in [-0.4, -0.2) is 32.1 Å². The fraction of sp³-hybridized carbons (Fsp3) is 0.238. The van der Waals surface area contributed by atoms with Crippen LogP contribution < -0.4 is 19.5 Å². The lowest BCUT2D eigenvalue weighted by molar-refractivity contribution is -0.118. The molecular weight excluding hydrogens is 438 g/mol. The molecule has 10 heteroatoms. The number of hydrogen-bond acceptors (Lipinski definition) is 7. The van der Waals surface area contributed by atoms with Crippen LogP contribution in [0.15, 0.2) is 58.8 Å². The highest BCUT2D eigenvalue weighted by Gasteiger charge is 2.29. The van der Waals surface area contributed by atoms with Crippen molar-refractivity contribution in [2.45, 2.75) is 24.8 Å². The Morgan fingerprint density at radius 3 is 2.58 bits per heavy atom. The van der Waals surface area contributed by atoms with Gasteiger partial charge in [-0.15, -0.1) is 11.3 Å². The van der Waals surface area contributed by atoms with Gasteiger partial charge in [-0.2, -0.15) is 4.72 Å². The molecule has 3 aromatic rings. The standard InChI is InChI=1S/C21H21N3O5S2/c1-13(2)19(24-31(26,27)15-6-4-3-5-7-15)20(25)23-21-22-16(11-30-21)14-8-9-17-18(10-14)29-12-28-17/h3-11,13,19,24H,12H2,1-2H3,(H,22,23,25). The highest BCUT2D eigenvalue weighted by Crippen LogP contribution is 2.36. The van der Waals surface area contributed by atoms with E-state index < -0.39 is 22.0 Å². The number of benzene rings is 2. The molecule has 0 bridgehead atoms. The zero-order chi connectivity index (χ0) is 22.0. The number of rotatable bonds is 7. The van der Waals surface area contributed by atoms with Crippen molar-refractivity contribution in [3.05, 3.63) is 53.9 Å². The molecule has 0 spiro atoms. The maximum atomic E-state index is 12.9. The predicted molar refractivity (Wildman–Crippen MR) is 118 cm³/mol. The van der Waals surface area contributed by atoms with Crippen LogP contribution in [-0.2, 0) is 14.8 Å². The summed E-state index contributed by atoms with van der Waals surface area (Å²) in [6, 6.07) is 12.5. The van der Waals surface area contributed by atoms with Crippen LogP contribution in [0.1, 0.15) is 13.8 Å². The Bertz CT molecular complexity index is 1190. The lowest BCUT2D eigenvalue weighted by Gasteiger charge is -2.21. The fourth-order valence-corrected chi connectivity index (χ4v) is 5.12. The van der Waals surface area contributed by atoms with E-state index >= 15 is 0 Å². The molecule has 0 saturated carbocycles. The molecule has 31 heavy (non-hydrogen) atoms. The number of ether oxygens (including phenoxy) is 2. The smallest absolute Gasteiger partial charge is 0.244 e. The average molecular weight is 460 g/mol. The van der Waals surface area contributed by atoms with Gasteiger partial charge in [0.25, 0.3) is 0 Å². The molecule has 1 atom stereocenters. The van der Waals surface area contributed by atoms with E-state index in [1.54, 1.807) is 32.0 Å². The van der Waals surface area contributed by atoms with Crippen LogP contribution in [0, 0.1) is 5.92 Å². The Morgan fingerprint density at radius 2 is 1.84 bits per heavy atom. The maximum absolute atomic E-state index is 12.9. The maximum Gasteiger partial charge on any atom is 0.244 e. The number of hydrogen-bond donors (Lipinski definition) is 2. The molecule has 0 fully saturated rings. The van der Waals surface area contributed by atoms with Gasteiger partial charge >= 0.3 is 0 Å². The minimum absolute atomic E-state index is 0.104. The third kappa shape index (κ3) is 4.71. The lowest BCUT2D eigenvalue weighted by atomic mass is 10.1. The Kier molecular flexibility index (Phi) is 5.94. The number of carbonyl (C=O) groups excluding carboxylic acids is 1. The number of amides is 1. The molecular formula is C21H21N3O5S2.